The van der Waals surface area contributed by atoms with Crippen molar-refractivity contribution in [2.45, 2.75) is 6.18 Å². The van der Waals surface area contributed by atoms with Gasteiger partial charge in [-0.3, -0.25) is 0 Å². The van der Waals surface area contributed by atoms with E-state index in [1.807, 2.05) is 0 Å². The third-order valence-corrected chi connectivity index (χ3v) is 0.960. The highest BCUT2D eigenvalue weighted by molar-refractivity contribution is 7.84. The monoisotopic (exact) mass is 154 g/mol. The Morgan fingerprint density at radius 2 is 1.56 bits per heavy atom. The summed E-state index contributed by atoms with van der Waals surface area (Å²) < 4.78 is 34.5. The van der Waals surface area contributed by atoms with E-state index in [0.717, 1.165) is 0 Å². The van der Waals surface area contributed by atoms with Crippen LogP contribution in [0.3, 0.4) is 0 Å². The van der Waals surface area contributed by atoms with Crippen molar-refractivity contribution in [1.29, 1.82) is 0 Å². The second kappa shape index (κ2) is 2.47. The van der Waals surface area contributed by atoms with Gasteiger partial charge >= 0.3 is 6.18 Å². The van der Waals surface area contributed by atoms with Gasteiger partial charge in [0.25, 0.3) is 0 Å². The van der Waals surface area contributed by atoms with Crippen LogP contribution >= 0.6 is 12.6 Å². The summed E-state index contributed by atoms with van der Waals surface area (Å²) >= 11 is 3.37. The number of halogens is 3. The predicted octanol–water partition coefficient (Wildman–Crippen LogP) is 2.55. The SMILES string of the molecule is C=C(S)C(=C)C(F)(F)F. The van der Waals surface area contributed by atoms with E-state index in [-0.39, 0.29) is 4.91 Å². The van der Waals surface area contributed by atoms with Crippen molar-refractivity contribution in [3.05, 3.63) is 23.6 Å². The molecular weight excluding hydrogens is 149 g/mol. The van der Waals surface area contributed by atoms with Crippen molar-refractivity contribution >= 4 is 12.6 Å². The van der Waals surface area contributed by atoms with Gasteiger partial charge in [-0.15, -0.1) is 12.6 Å². The number of hydrogen-bond acceptors (Lipinski definition) is 1. The first kappa shape index (κ1) is 8.62. The van der Waals surface area contributed by atoms with Gasteiger partial charge in [0.1, 0.15) is 0 Å². The van der Waals surface area contributed by atoms with E-state index in [0.29, 0.717) is 0 Å². The fraction of sp³-hybridized carbons (Fsp3) is 0.200. The summed E-state index contributed by atoms with van der Waals surface area (Å²) in [6, 6.07) is 0. The molecule has 4 heteroatoms. The van der Waals surface area contributed by atoms with E-state index in [9.17, 15) is 13.2 Å². The fourth-order valence-electron chi connectivity index (χ4n) is 0.164. The van der Waals surface area contributed by atoms with E-state index in [1.165, 1.54) is 0 Å². The molecule has 0 aliphatic rings. The normalized spacial score (nSPS) is 11.1. The maximum Gasteiger partial charge on any atom is 0.416 e. The molecule has 0 aromatic carbocycles. The number of alkyl halides is 3. The lowest BCUT2D eigenvalue weighted by molar-refractivity contribution is -0.0881. The third kappa shape index (κ3) is 2.60. The average molecular weight is 154 g/mol. The average Bonchev–Trinajstić information content (AvgIpc) is 1.62. The maximum atomic E-state index is 11.5. The van der Waals surface area contributed by atoms with E-state index in [4.69, 9.17) is 0 Å². The Morgan fingerprint density at radius 3 is 1.56 bits per heavy atom. The Labute approximate surface area is 56.5 Å². The van der Waals surface area contributed by atoms with Crippen LogP contribution in [-0.2, 0) is 0 Å². The smallest absolute Gasteiger partial charge is 0.166 e. The lowest BCUT2D eigenvalue weighted by Gasteiger charge is -2.06. The molecule has 0 atom stereocenters. The summed E-state index contributed by atoms with van der Waals surface area (Å²) in [5, 5.41) is 0. The molecule has 0 radical (unpaired) electrons. The molecule has 0 saturated heterocycles. The molecule has 0 aromatic rings. The van der Waals surface area contributed by atoms with Crippen LogP contribution in [0.15, 0.2) is 23.6 Å². The van der Waals surface area contributed by atoms with Gasteiger partial charge in [-0.25, -0.2) is 0 Å². The van der Waals surface area contributed by atoms with E-state index >= 15 is 0 Å². The molecule has 0 bridgehead atoms. The van der Waals surface area contributed by atoms with Gasteiger partial charge in [-0.05, 0) is 0 Å². The molecule has 0 amide bonds. The molecule has 52 valence electrons. The molecule has 0 aromatic heterocycles. The minimum absolute atomic E-state index is 0.345. The first-order valence-corrected chi connectivity index (χ1v) is 2.44. The minimum Gasteiger partial charge on any atom is -0.166 e. The van der Waals surface area contributed by atoms with Crippen molar-refractivity contribution < 1.29 is 13.2 Å². The van der Waals surface area contributed by atoms with Crippen LogP contribution < -0.4 is 0 Å². The summed E-state index contributed by atoms with van der Waals surface area (Å²) in [5.74, 6) is 0. The molecular formula is C5H5F3S. The zero-order valence-electron chi connectivity index (χ0n) is 4.50. The van der Waals surface area contributed by atoms with Gasteiger partial charge in [-0.1, -0.05) is 13.2 Å². The molecule has 0 spiro atoms. The number of thiol groups is 1. The summed E-state index contributed by atoms with van der Waals surface area (Å²) in [6.07, 6.45) is -4.39. The second-order valence-electron chi connectivity index (χ2n) is 1.42. The minimum atomic E-state index is -4.39. The molecule has 0 N–H and O–H groups in total. The molecule has 0 fully saturated rings. The van der Waals surface area contributed by atoms with Crippen LogP contribution in [0.25, 0.3) is 0 Å². The Hall–Kier alpha value is -0.380. The molecule has 0 heterocycles. The van der Waals surface area contributed by atoms with Crippen LogP contribution in [0.4, 0.5) is 13.2 Å². The van der Waals surface area contributed by atoms with Crippen molar-refractivity contribution in [3.63, 3.8) is 0 Å². The molecule has 0 rings (SSSR count). The van der Waals surface area contributed by atoms with Crippen molar-refractivity contribution in [2.24, 2.45) is 0 Å². The molecule has 0 unspecified atom stereocenters. The lowest BCUT2D eigenvalue weighted by atomic mass is 10.3. The van der Waals surface area contributed by atoms with Gasteiger partial charge in [0.15, 0.2) is 0 Å². The van der Waals surface area contributed by atoms with Crippen LogP contribution in [0.2, 0.25) is 0 Å². The highest BCUT2D eigenvalue weighted by Crippen LogP contribution is 2.29. The Kier molecular flexibility index (Phi) is 2.37. The molecule has 9 heavy (non-hydrogen) atoms. The first-order valence-electron chi connectivity index (χ1n) is 2.00. The van der Waals surface area contributed by atoms with Gasteiger partial charge in [0.05, 0.1) is 5.57 Å². The topological polar surface area (TPSA) is 0 Å². The third-order valence-electron chi connectivity index (χ3n) is 0.691. The molecule has 0 aliphatic carbocycles. The Morgan fingerprint density at radius 1 is 1.22 bits per heavy atom. The zero-order chi connectivity index (χ0) is 7.65. The largest absolute Gasteiger partial charge is 0.416 e. The Balaban J connectivity index is 4.23. The van der Waals surface area contributed by atoms with Crippen LogP contribution in [0.5, 0.6) is 0 Å². The number of rotatable bonds is 1. The van der Waals surface area contributed by atoms with E-state index in [2.05, 4.69) is 25.8 Å². The van der Waals surface area contributed by atoms with Crippen LogP contribution in [-0.4, -0.2) is 6.18 Å². The second-order valence-corrected chi connectivity index (χ2v) is 1.96. The highest BCUT2D eigenvalue weighted by Gasteiger charge is 2.32. The van der Waals surface area contributed by atoms with Crippen molar-refractivity contribution in [3.8, 4) is 0 Å². The molecule has 0 nitrogen and oxygen atoms in total. The molecule has 0 aliphatic heterocycles. The van der Waals surface area contributed by atoms with Gasteiger partial charge < -0.3 is 0 Å². The van der Waals surface area contributed by atoms with Gasteiger partial charge in [0.2, 0.25) is 0 Å². The summed E-state index contributed by atoms with van der Waals surface area (Å²) in [5.41, 5.74) is -0.995. The number of allylic oxidation sites excluding steroid dienone is 1. The highest BCUT2D eigenvalue weighted by atomic mass is 32.1. The zero-order valence-corrected chi connectivity index (χ0v) is 5.39. The predicted molar refractivity (Wildman–Crippen MR) is 33.3 cm³/mol. The summed E-state index contributed by atoms with van der Waals surface area (Å²) in [6.45, 7) is 5.69. The summed E-state index contributed by atoms with van der Waals surface area (Å²) in [7, 11) is 0. The first-order chi connectivity index (χ1) is 3.85. The Bertz CT molecular complexity index is 145. The summed E-state index contributed by atoms with van der Waals surface area (Å²) in [4.78, 5) is -0.345. The van der Waals surface area contributed by atoms with Crippen LogP contribution in [0, 0.1) is 0 Å². The van der Waals surface area contributed by atoms with Crippen LogP contribution in [0.1, 0.15) is 0 Å². The van der Waals surface area contributed by atoms with Gasteiger partial charge in [0, 0.05) is 4.91 Å². The quantitative estimate of drug-likeness (QED) is 0.435. The van der Waals surface area contributed by atoms with Gasteiger partial charge in [-0.2, -0.15) is 13.2 Å². The molecule has 0 saturated carbocycles. The lowest BCUT2D eigenvalue weighted by Crippen LogP contribution is -2.10. The van der Waals surface area contributed by atoms with Crippen molar-refractivity contribution in [1.82, 2.24) is 0 Å². The standard InChI is InChI=1S/C5H5F3S/c1-3(4(2)9)5(6,7)8/h9H,1-2H2. The van der Waals surface area contributed by atoms with Crippen molar-refractivity contribution in [2.75, 3.05) is 0 Å². The fourth-order valence-corrected chi connectivity index (χ4v) is 0.290. The van der Waals surface area contributed by atoms with E-state index in [1.54, 1.807) is 0 Å². The number of hydrogen-bond donors (Lipinski definition) is 1. The maximum absolute atomic E-state index is 11.5. The van der Waals surface area contributed by atoms with E-state index < -0.39 is 11.7 Å².